The Morgan fingerprint density at radius 1 is 1.25 bits per heavy atom. The van der Waals surface area contributed by atoms with Crippen molar-refractivity contribution in [1.82, 2.24) is 0 Å². The van der Waals surface area contributed by atoms with Crippen molar-refractivity contribution < 1.29 is 19.3 Å². The van der Waals surface area contributed by atoms with Gasteiger partial charge in [0.2, 0.25) is 0 Å². The molecule has 1 fully saturated rings. The molecule has 0 radical (unpaired) electrons. The predicted molar refractivity (Wildman–Crippen MR) is 76.7 cm³/mol. The van der Waals surface area contributed by atoms with E-state index < -0.39 is 0 Å². The lowest BCUT2D eigenvalue weighted by molar-refractivity contribution is -0.106. The first-order valence-electron chi connectivity index (χ1n) is 7.16. The lowest BCUT2D eigenvalue weighted by Gasteiger charge is -2.32. The van der Waals surface area contributed by atoms with Crippen LogP contribution in [0.4, 0.5) is 0 Å². The zero-order valence-corrected chi connectivity index (χ0v) is 12.5. The lowest BCUT2D eigenvalue weighted by atomic mass is 10.0. The Kier molecular flexibility index (Phi) is 5.40. The largest absolute Gasteiger partial charge is 0.496 e. The van der Waals surface area contributed by atoms with Gasteiger partial charge in [-0.15, -0.1) is 0 Å². The lowest BCUT2D eigenvalue weighted by Crippen LogP contribution is -2.34. The van der Waals surface area contributed by atoms with Crippen LogP contribution in [0.3, 0.4) is 0 Å². The third-order valence-electron chi connectivity index (χ3n) is 3.66. The van der Waals surface area contributed by atoms with Crippen molar-refractivity contribution >= 4 is 0 Å². The molecule has 0 aromatic heterocycles. The predicted octanol–water partition coefficient (Wildman–Crippen LogP) is 2.66. The number of rotatable bonds is 5. The average Bonchev–Trinajstić information content (AvgIpc) is 2.43. The summed E-state index contributed by atoms with van der Waals surface area (Å²) < 4.78 is 17.1. The fraction of sp³-hybridized carbons (Fsp3) is 0.625. The van der Waals surface area contributed by atoms with Crippen molar-refractivity contribution in [2.45, 2.75) is 58.2 Å². The maximum Gasteiger partial charge on any atom is 0.124 e. The normalized spacial score (nSPS) is 26.5. The van der Waals surface area contributed by atoms with E-state index in [-0.39, 0.29) is 24.9 Å². The molecule has 0 saturated carbocycles. The monoisotopic (exact) mass is 280 g/mol. The van der Waals surface area contributed by atoms with Crippen molar-refractivity contribution in [2.75, 3.05) is 7.11 Å². The van der Waals surface area contributed by atoms with Crippen molar-refractivity contribution in [1.29, 1.82) is 0 Å². The molecule has 2 unspecified atom stereocenters. The molecule has 1 heterocycles. The molecule has 2 atom stereocenters. The Balaban J connectivity index is 1.99. The van der Waals surface area contributed by atoms with Gasteiger partial charge < -0.3 is 19.3 Å². The maximum atomic E-state index is 9.21. The minimum absolute atomic E-state index is 0.0301. The summed E-state index contributed by atoms with van der Waals surface area (Å²) in [5.74, 6) is 0.801. The summed E-state index contributed by atoms with van der Waals surface area (Å²) in [6.45, 7) is 4.70. The van der Waals surface area contributed by atoms with Gasteiger partial charge in [-0.1, -0.05) is 6.07 Å². The van der Waals surface area contributed by atoms with Gasteiger partial charge in [0, 0.05) is 5.56 Å². The van der Waals surface area contributed by atoms with Crippen LogP contribution >= 0.6 is 0 Å². The van der Waals surface area contributed by atoms with Gasteiger partial charge in [-0.25, -0.2) is 0 Å². The molecular weight excluding hydrogens is 256 g/mol. The molecule has 4 heteroatoms. The van der Waals surface area contributed by atoms with Crippen LogP contribution in [0.1, 0.15) is 37.8 Å². The second-order valence-electron chi connectivity index (χ2n) is 5.47. The molecule has 1 aliphatic rings. The molecular formula is C16H24O4. The molecule has 1 aliphatic heterocycles. The highest BCUT2D eigenvalue weighted by atomic mass is 16.5. The summed E-state index contributed by atoms with van der Waals surface area (Å²) in [5, 5.41) is 9.21. The Bertz CT molecular complexity index is 422. The van der Waals surface area contributed by atoms with E-state index in [2.05, 4.69) is 13.8 Å². The maximum absolute atomic E-state index is 9.21. The van der Waals surface area contributed by atoms with E-state index in [4.69, 9.17) is 14.2 Å². The zero-order chi connectivity index (χ0) is 14.5. The smallest absolute Gasteiger partial charge is 0.124 e. The molecule has 1 saturated heterocycles. The van der Waals surface area contributed by atoms with Crippen LogP contribution < -0.4 is 4.74 Å². The number of benzene rings is 1. The molecule has 20 heavy (non-hydrogen) atoms. The molecule has 0 spiro atoms. The summed E-state index contributed by atoms with van der Waals surface area (Å²) >= 11 is 0. The third-order valence-corrected chi connectivity index (χ3v) is 3.66. The molecule has 0 bridgehead atoms. The average molecular weight is 280 g/mol. The Labute approximate surface area is 120 Å². The van der Waals surface area contributed by atoms with Crippen molar-refractivity contribution in [3.05, 3.63) is 29.3 Å². The van der Waals surface area contributed by atoms with Gasteiger partial charge >= 0.3 is 0 Å². The van der Waals surface area contributed by atoms with E-state index in [9.17, 15) is 5.11 Å². The highest BCUT2D eigenvalue weighted by Crippen LogP contribution is 2.25. The van der Waals surface area contributed by atoms with Crippen LogP contribution in [0.15, 0.2) is 18.2 Å². The second-order valence-corrected chi connectivity index (χ2v) is 5.47. The van der Waals surface area contributed by atoms with Gasteiger partial charge in [0.1, 0.15) is 5.75 Å². The van der Waals surface area contributed by atoms with E-state index in [1.54, 1.807) is 7.11 Å². The van der Waals surface area contributed by atoms with E-state index in [0.29, 0.717) is 6.61 Å². The molecule has 0 aliphatic carbocycles. The third kappa shape index (κ3) is 3.95. The highest BCUT2D eigenvalue weighted by molar-refractivity contribution is 5.36. The van der Waals surface area contributed by atoms with Crippen LogP contribution in [-0.2, 0) is 22.7 Å². The quantitative estimate of drug-likeness (QED) is 0.901. The summed E-state index contributed by atoms with van der Waals surface area (Å²) in [5.41, 5.74) is 1.85. The first-order valence-corrected chi connectivity index (χ1v) is 7.16. The summed E-state index contributed by atoms with van der Waals surface area (Å²) in [4.78, 5) is 0. The zero-order valence-electron chi connectivity index (χ0n) is 12.5. The van der Waals surface area contributed by atoms with Crippen LogP contribution in [-0.4, -0.2) is 30.5 Å². The van der Waals surface area contributed by atoms with Crippen LogP contribution in [0.2, 0.25) is 0 Å². The number of aliphatic hydroxyl groups is 1. The van der Waals surface area contributed by atoms with E-state index in [1.807, 2.05) is 18.2 Å². The van der Waals surface area contributed by atoms with Gasteiger partial charge in [0.25, 0.3) is 0 Å². The van der Waals surface area contributed by atoms with Crippen LogP contribution in [0.25, 0.3) is 0 Å². The number of ether oxygens (including phenoxy) is 3. The number of methoxy groups -OCH3 is 1. The standard InChI is InChI=1S/C16H24O4/c1-11-6-15(7-12(2)20-11)19-10-14-8-13(9-17)4-5-16(14)18-3/h4-5,8,11-12,15,17H,6-7,9-10H2,1-3H3. The van der Waals surface area contributed by atoms with E-state index in [1.165, 1.54) is 0 Å². The van der Waals surface area contributed by atoms with Crippen molar-refractivity contribution in [3.63, 3.8) is 0 Å². The summed E-state index contributed by atoms with van der Waals surface area (Å²) in [6.07, 6.45) is 2.55. The van der Waals surface area contributed by atoms with Crippen LogP contribution in [0.5, 0.6) is 5.75 Å². The van der Waals surface area contributed by atoms with Gasteiger partial charge in [0.05, 0.1) is 38.6 Å². The fourth-order valence-electron chi connectivity index (χ4n) is 2.73. The summed E-state index contributed by atoms with van der Waals surface area (Å²) in [6, 6.07) is 5.67. The Morgan fingerprint density at radius 3 is 2.55 bits per heavy atom. The molecule has 2 rings (SSSR count). The van der Waals surface area contributed by atoms with Crippen molar-refractivity contribution in [2.24, 2.45) is 0 Å². The van der Waals surface area contributed by atoms with Gasteiger partial charge in [-0.3, -0.25) is 0 Å². The number of hydrogen-bond donors (Lipinski definition) is 1. The molecule has 4 nitrogen and oxygen atoms in total. The van der Waals surface area contributed by atoms with E-state index in [0.717, 1.165) is 29.7 Å². The van der Waals surface area contributed by atoms with Gasteiger partial charge in [-0.2, -0.15) is 0 Å². The first kappa shape index (κ1) is 15.3. The summed E-state index contributed by atoms with van der Waals surface area (Å²) in [7, 11) is 1.65. The topological polar surface area (TPSA) is 47.9 Å². The molecule has 1 aromatic rings. The second kappa shape index (κ2) is 7.07. The Hall–Kier alpha value is -1.10. The number of aliphatic hydroxyl groups excluding tert-OH is 1. The van der Waals surface area contributed by atoms with Gasteiger partial charge in [-0.05, 0) is 44.4 Å². The highest BCUT2D eigenvalue weighted by Gasteiger charge is 2.25. The molecule has 0 amide bonds. The Morgan fingerprint density at radius 2 is 1.95 bits per heavy atom. The molecule has 112 valence electrons. The van der Waals surface area contributed by atoms with Crippen LogP contribution in [0, 0.1) is 0 Å². The number of hydrogen-bond acceptors (Lipinski definition) is 4. The molecule has 1 N–H and O–H groups in total. The minimum atomic E-state index is 0.0301. The van der Waals surface area contributed by atoms with E-state index >= 15 is 0 Å². The first-order chi connectivity index (χ1) is 9.62. The van der Waals surface area contributed by atoms with Crippen molar-refractivity contribution in [3.8, 4) is 5.75 Å². The minimum Gasteiger partial charge on any atom is -0.496 e. The molecule has 1 aromatic carbocycles. The fourth-order valence-corrected chi connectivity index (χ4v) is 2.73. The SMILES string of the molecule is COc1ccc(CO)cc1COC1CC(C)OC(C)C1. The van der Waals surface area contributed by atoms with Gasteiger partial charge in [0.15, 0.2) is 0 Å².